The van der Waals surface area contributed by atoms with Crippen LogP contribution in [0.4, 0.5) is 0 Å². The van der Waals surface area contributed by atoms with Crippen LogP contribution < -0.4 is 0 Å². The van der Waals surface area contributed by atoms with Gasteiger partial charge in [0, 0.05) is 12.4 Å². The molecule has 0 bridgehead atoms. The second-order valence-electron chi connectivity index (χ2n) is 4.60. The van der Waals surface area contributed by atoms with Crippen LogP contribution in [0.3, 0.4) is 0 Å². The van der Waals surface area contributed by atoms with E-state index in [0.29, 0.717) is 0 Å². The van der Waals surface area contributed by atoms with Gasteiger partial charge in [-0.3, -0.25) is 0 Å². The van der Waals surface area contributed by atoms with E-state index in [0.717, 1.165) is 19.0 Å². The molecular weight excluding hydrogens is 218 g/mol. The van der Waals surface area contributed by atoms with Crippen molar-refractivity contribution in [3.05, 3.63) is 0 Å². The fourth-order valence-corrected chi connectivity index (χ4v) is 2.26. The molecule has 1 nitrogen and oxygen atoms in total. The Labute approximate surface area is 108 Å². The molecule has 0 fully saturated rings. The molecule has 98 valence electrons. The molecule has 0 amide bonds. The zero-order valence-corrected chi connectivity index (χ0v) is 12.1. The van der Waals surface area contributed by atoms with E-state index in [4.69, 9.17) is 11.6 Å². The highest BCUT2D eigenvalue weighted by molar-refractivity contribution is 6.18. The van der Waals surface area contributed by atoms with Crippen LogP contribution in [-0.2, 0) is 0 Å². The third kappa shape index (κ3) is 10.8. The molecule has 0 aromatic rings. The molecule has 0 N–H and O–H groups in total. The Morgan fingerprint density at radius 2 is 1.31 bits per heavy atom. The zero-order chi connectivity index (χ0) is 12.1. The third-order valence-corrected chi connectivity index (χ3v) is 3.34. The molecule has 0 heterocycles. The molecule has 0 rings (SSSR count). The Balaban J connectivity index is 3.12. The van der Waals surface area contributed by atoms with Gasteiger partial charge in [0.15, 0.2) is 0 Å². The summed E-state index contributed by atoms with van der Waals surface area (Å²) < 4.78 is 0. The molecule has 0 aromatic heterocycles. The molecule has 2 heteroatoms. The van der Waals surface area contributed by atoms with Gasteiger partial charge in [-0.05, 0) is 19.5 Å². The Kier molecular flexibility index (Phi) is 13.5. The van der Waals surface area contributed by atoms with Crippen LogP contribution in [0.2, 0.25) is 0 Å². The summed E-state index contributed by atoms with van der Waals surface area (Å²) in [6.45, 7) is 7.92. The lowest BCUT2D eigenvalue weighted by Crippen LogP contribution is -2.26. The van der Waals surface area contributed by atoms with Gasteiger partial charge in [-0.1, -0.05) is 58.8 Å². The molecule has 0 saturated carbocycles. The highest BCUT2D eigenvalue weighted by atomic mass is 35.5. The number of nitrogens with zero attached hydrogens (tertiary/aromatic N) is 1. The average Bonchev–Trinajstić information content (AvgIpc) is 2.31. The van der Waals surface area contributed by atoms with Crippen molar-refractivity contribution in [3.8, 4) is 0 Å². The number of hydrogen-bond acceptors (Lipinski definition) is 1. The smallest absolute Gasteiger partial charge is 0.0351 e. The zero-order valence-electron chi connectivity index (χ0n) is 11.3. The van der Waals surface area contributed by atoms with E-state index in [1.54, 1.807) is 0 Å². The minimum Gasteiger partial charge on any atom is -0.302 e. The monoisotopic (exact) mass is 247 g/mol. The highest BCUT2D eigenvalue weighted by Crippen LogP contribution is 2.08. The Hall–Kier alpha value is 0.250. The van der Waals surface area contributed by atoms with Gasteiger partial charge in [-0.2, -0.15) is 0 Å². The summed E-state index contributed by atoms with van der Waals surface area (Å²) >= 11 is 5.74. The number of alkyl halides is 1. The summed E-state index contributed by atoms with van der Waals surface area (Å²) in [6, 6.07) is 0. The maximum Gasteiger partial charge on any atom is 0.0351 e. The predicted molar refractivity (Wildman–Crippen MR) is 75.4 cm³/mol. The van der Waals surface area contributed by atoms with Gasteiger partial charge in [0.05, 0.1) is 0 Å². The summed E-state index contributed by atoms with van der Waals surface area (Å²) in [6.07, 6.45) is 11.2. The number of hydrogen-bond donors (Lipinski definition) is 0. The van der Waals surface area contributed by atoms with Crippen LogP contribution in [0.5, 0.6) is 0 Å². The first kappa shape index (κ1) is 16.2. The topological polar surface area (TPSA) is 3.24 Å². The normalized spacial score (nSPS) is 11.2. The fourth-order valence-electron chi connectivity index (χ4n) is 2.02. The number of rotatable bonds is 12. The van der Waals surface area contributed by atoms with Gasteiger partial charge >= 0.3 is 0 Å². The standard InChI is InChI=1S/C14H30ClN/c1-3-5-6-7-8-9-10-11-13-16(4-2)14-12-15/h3-14H2,1-2H3. The van der Waals surface area contributed by atoms with E-state index < -0.39 is 0 Å². The Morgan fingerprint density at radius 3 is 1.81 bits per heavy atom. The molecule has 0 radical (unpaired) electrons. The van der Waals surface area contributed by atoms with Crippen molar-refractivity contribution >= 4 is 11.6 Å². The van der Waals surface area contributed by atoms with E-state index in [2.05, 4.69) is 18.7 Å². The van der Waals surface area contributed by atoms with E-state index in [1.807, 2.05) is 0 Å². The molecule has 0 saturated heterocycles. The number of halogens is 1. The van der Waals surface area contributed by atoms with Crippen LogP contribution in [-0.4, -0.2) is 30.4 Å². The molecule has 0 unspecified atom stereocenters. The van der Waals surface area contributed by atoms with Crippen LogP contribution >= 0.6 is 11.6 Å². The SMILES string of the molecule is CCCCCCCCCCN(CC)CCCl. The quantitative estimate of drug-likeness (QED) is 0.357. The van der Waals surface area contributed by atoms with Crippen molar-refractivity contribution in [2.75, 3.05) is 25.5 Å². The summed E-state index contributed by atoms with van der Waals surface area (Å²) in [5.41, 5.74) is 0. The molecule has 0 aliphatic heterocycles. The van der Waals surface area contributed by atoms with Gasteiger partial charge < -0.3 is 4.90 Å². The van der Waals surface area contributed by atoms with Gasteiger partial charge in [0.1, 0.15) is 0 Å². The largest absolute Gasteiger partial charge is 0.302 e. The van der Waals surface area contributed by atoms with E-state index >= 15 is 0 Å². The van der Waals surface area contributed by atoms with Crippen molar-refractivity contribution in [1.82, 2.24) is 4.90 Å². The first-order valence-corrected chi connectivity index (χ1v) is 7.66. The van der Waals surface area contributed by atoms with Gasteiger partial charge in [-0.25, -0.2) is 0 Å². The molecule has 0 aliphatic rings. The lowest BCUT2D eigenvalue weighted by molar-refractivity contribution is 0.297. The van der Waals surface area contributed by atoms with Crippen LogP contribution in [0, 0.1) is 0 Å². The second kappa shape index (κ2) is 13.3. The van der Waals surface area contributed by atoms with Gasteiger partial charge in [0.25, 0.3) is 0 Å². The van der Waals surface area contributed by atoms with Crippen LogP contribution in [0.1, 0.15) is 65.2 Å². The van der Waals surface area contributed by atoms with Gasteiger partial charge in [0.2, 0.25) is 0 Å². The lowest BCUT2D eigenvalue weighted by atomic mass is 10.1. The third-order valence-electron chi connectivity index (χ3n) is 3.18. The second-order valence-corrected chi connectivity index (χ2v) is 4.98. The van der Waals surface area contributed by atoms with Crippen molar-refractivity contribution in [3.63, 3.8) is 0 Å². The van der Waals surface area contributed by atoms with Crippen LogP contribution in [0.25, 0.3) is 0 Å². The maximum absolute atomic E-state index is 5.74. The van der Waals surface area contributed by atoms with E-state index in [1.165, 1.54) is 57.9 Å². The first-order chi connectivity index (χ1) is 7.85. The van der Waals surface area contributed by atoms with Crippen molar-refractivity contribution < 1.29 is 0 Å². The molecule has 16 heavy (non-hydrogen) atoms. The number of unbranched alkanes of at least 4 members (excludes halogenated alkanes) is 7. The molecule has 0 spiro atoms. The van der Waals surface area contributed by atoms with E-state index in [9.17, 15) is 0 Å². The minimum absolute atomic E-state index is 0.769. The Morgan fingerprint density at radius 1 is 0.750 bits per heavy atom. The maximum atomic E-state index is 5.74. The average molecular weight is 248 g/mol. The fraction of sp³-hybridized carbons (Fsp3) is 1.00. The van der Waals surface area contributed by atoms with E-state index in [-0.39, 0.29) is 0 Å². The Bertz CT molecular complexity index is 128. The molecule has 0 atom stereocenters. The van der Waals surface area contributed by atoms with Crippen molar-refractivity contribution in [2.45, 2.75) is 65.2 Å². The van der Waals surface area contributed by atoms with Crippen molar-refractivity contribution in [2.24, 2.45) is 0 Å². The summed E-state index contributed by atoms with van der Waals surface area (Å²) in [4.78, 5) is 2.45. The molecule has 0 aromatic carbocycles. The highest BCUT2D eigenvalue weighted by Gasteiger charge is 2.00. The van der Waals surface area contributed by atoms with Crippen molar-refractivity contribution in [1.29, 1.82) is 0 Å². The molecule has 0 aliphatic carbocycles. The molecular formula is C14H30ClN. The summed E-state index contributed by atoms with van der Waals surface area (Å²) in [5, 5.41) is 0. The first-order valence-electron chi connectivity index (χ1n) is 7.13. The van der Waals surface area contributed by atoms with Crippen LogP contribution in [0.15, 0.2) is 0 Å². The summed E-state index contributed by atoms with van der Waals surface area (Å²) in [7, 11) is 0. The summed E-state index contributed by atoms with van der Waals surface area (Å²) in [5.74, 6) is 0.769. The minimum atomic E-state index is 0.769. The lowest BCUT2D eigenvalue weighted by Gasteiger charge is -2.18. The predicted octanol–water partition coefficient (Wildman–Crippen LogP) is 4.69. The van der Waals surface area contributed by atoms with Gasteiger partial charge in [-0.15, -0.1) is 11.6 Å².